The molecular formula is C27H23NO5. The number of fused-ring (bicyclic) bond motifs is 1. The summed E-state index contributed by atoms with van der Waals surface area (Å²) in [6, 6.07) is 14.5. The number of benzene rings is 2. The number of ether oxygens (including phenoxy) is 2. The monoisotopic (exact) mass is 441 g/mol. The Balaban J connectivity index is 1.70. The summed E-state index contributed by atoms with van der Waals surface area (Å²) in [7, 11) is 1.54. The van der Waals surface area contributed by atoms with Crippen LogP contribution in [0.1, 0.15) is 62.3 Å². The summed E-state index contributed by atoms with van der Waals surface area (Å²) in [5, 5.41) is 0. The van der Waals surface area contributed by atoms with Crippen LogP contribution < -0.4 is 9.47 Å². The topological polar surface area (TPSA) is 82.6 Å². The Labute approximate surface area is 191 Å². The predicted octanol–water partition coefficient (Wildman–Crippen LogP) is 4.61. The highest BCUT2D eigenvalue weighted by Gasteiger charge is 2.59. The molecule has 2 aliphatic carbocycles. The van der Waals surface area contributed by atoms with Gasteiger partial charge in [-0.25, -0.2) is 0 Å². The van der Waals surface area contributed by atoms with Gasteiger partial charge in [-0.3, -0.25) is 19.4 Å². The van der Waals surface area contributed by atoms with Crippen molar-refractivity contribution in [2.45, 2.75) is 37.2 Å². The Kier molecular flexibility index (Phi) is 5.29. The fraction of sp³-hybridized carbons (Fsp3) is 0.259. The second-order valence-corrected chi connectivity index (χ2v) is 8.41. The zero-order valence-corrected chi connectivity index (χ0v) is 18.2. The van der Waals surface area contributed by atoms with Crippen LogP contribution in [0.2, 0.25) is 0 Å². The SMILES string of the molecule is COc1ccc(C2(C(=O)c3ccncc3)C(=O)c3ccccc3C2=O)cc1OC1CCCC1. The number of carbonyl (C=O) groups excluding carboxylic acids is 3. The van der Waals surface area contributed by atoms with Crippen LogP contribution in [0.5, 0.6) is 11.5 Å². The number of Topliss-reactive ketones (excluding diaryl/α,β-unsaturated/α-hetero) is 3. The molecule has 0 saturated heterocycles. The maximum Gasteiger partial charge on any atom is 0.189 e. The first-order chi connectivity index (χ1) is 16.1. The number of rotatable bonds is 6. The van der Waals surface area contributed by atoms with Crippen LogP contribution in [0.3, 0.4) is 0 Å². The Morgan fingerprint density at radius 1 is 0.909 bits per heavy atom. The molecule has 33 heavy (non-hydrogen) atoms. The van der Waals surface area contributed by atoms with Gasteiger partial charge in [0, 0.05) is 29.1 Å². The molecule has 3 aromatic rings. The van der Waals surface area contributed by atoms with Gasteiger partial charge in [0.1, 0.15) is 0 Å². The third-order valence-corrected chi connectivity index (χ3v) is 6.57. The first-order valence-electron chi connectivity index (χ1n) is 11.1. The second kappa shape index (κ2) is 8.28. The highest BCUT2D eigenvalue weighted by Crippen LogP contribution is 2.45. The fourth-order valence-electron chi connectivity index (χ4n) is 4.89. The molecule has 1 saturated carbocycles. The van der Waals surface area contributed by atoms with Gasteiger partial charge in [0.2, 0.25) is 0 Å². The van der Waals surface area contributed by atoms with Gasteiger partial charge in [-0.2, -0.15) is 0 Å². The van der Waals surface area contributed by atoms with Crippen molar-refractivity contribution in [1.29, 1.82) is 0 Å². The maximum atomic E-state index is 13.9. The summed E-state index contributed by atoms with van der Waals surface area (Å²) >= 11 is 0. The van der Waals surface area contributed by atoms with E-state index in [4.69, 9.17) is 9.47 Å². The summed E-state index contributed by atoms with van der Waals surface area (Å²) < 4.78 is 11.7. The molecule has 0 N–H and O–H groups in total. The van der Waals surface area contributed by atoms with Crippen molar-refractivity contribution in [1.82, 2.24) is 4.98 Å². The minimum Gasteiger partial charge on any atom is -0.493 e. The van der Waals surface area contributed by atoms with E-state index in [9.17, 15) is 14.4 Å². The van der Waals surface area contributed by atoms with Crippen LogP contribution in [0.15, 0.2) is 67.0 Å². The first kappa shape index (κ1) is 21.1. The highest BCUT2D eigenvalue weighted by atomic mass is 16.5. The molecule has 1 heterocycles. The van der Waals surface area contributed by atoms with E-state index in [2.05, 4.69) is 4.98 Å². The number of pyridine rings is 1. The van der Waals surface area contributed by atoms with Gasteiger partial charge in [0.05, 0.1) is 13.2 Å². The largest absolute Gasteiger partial charge is 0.493 e. The molecule has 6 heteroatoms. The lowest BCUT2D eigenvalue weighted by Gasteiger charge is -2.26. The Bertz CT molecular complexity index is 1210. The van der Waals surface area contributed by atoms with E-state index in [1.54, 1.807) is 42.5 Å². The van der Waals surface area contributed by atoms with Crippen LogP contribution in [-0.2, 0) is 5.41 Å². The van der Waals surface area contributed by atoms with E-state index in [-0.39, 0.29) is 28.4 Å². The van der Waals surface area contributed by atoms with Gasteiger partial charge < -0.3 is 9.47 Å². The van der Waals surface area contributed by atoms with E-state index in [1.165, 1.54) is 31.6 Å². The number of hydrogen-bond acceptors (Lipinski definition) is 6. The average Bonchev–Trinajstić information content (AvgIpc) is 3.45. The summed E-state index contributed by atoms with van der Waals surface area (Å²) in [5.74, 6) is -0.704. The molecule has 0 amide bonds. The van der Waals surface area contributed by atoms with E-state index < -0.39 is 22.8 Å². The first-order valence-corrected chi connectivity index (χ1v) is 11.1. The molecule has 166 valence electrons. The number of aromatic nitrogens is 1. The quantitative estimate of drug-likeness (QED) is 0.410. The van der Waals surface area contributed by atoms with Crippen molar-refractivity contribution in [3.8, 4) is 11.5 Å². The molecule has 2 aromatic carbocycles. The molecule has 1 aromatic heterocycles. The molecular weight excluding hydrogens is 418 g/mol. The number of nitrogens with zero attached hydrogens (tertiary/aromatic N) is 1. The van der Waals surface area contributed by atoms with Gasteiger partial charge in [0.25, 0.3) is 0 Å². The zero-order valence-electron chi connectivity index (χ0n) is 18.2. The molecule has 6 nitrogen and oxygen atoms in total. The zero-order chi connectivity index (χ0) is 23.0. The highest BCUT2D eigenvalue weighted by molar-refractivity contribution is 6.45. The smallest absolute Gasteiger partial charge is 0.189 e. The molecule has 0 atom stereocenters. The molecule has 0 aliphatic heterocycles. The predicted molar refractivity (Wildman–Crippen MR) is 121 cm³/mol. The lowest BCUT2D eigenvalue weighted by molar-refractivity contribution is 0.0709. The lowest BCUT2D eigenvalue weighted by Crippen LogP contribution is -2.46. The van der Waals surface area contributed by atoms with Crippen LogP contribution >= 0.6 is 0 Å². The fourth-order valence-corrected chi connectivity index (χ4v) is 4.89. The van der Waals surface area contributed by atoms with Crippen molar-refractivity contribution >= 4 is 17.3 Å². The van der Waals surface area contributed by atoms with Crippen LogP contribution in [0, 0.1) is 0 Å². The number of hydrogen-bond donors (Lipinski definition) is 0. The number of ketones is 3. The van der Waals surface area contributed by atoms with Crippen molar-refractivity contribution in [2.75, 3.05) is 7.11 Å². The average molecular weight is 441 g/mol. The minimum absolute atomic E-state index is 0.0353. The summed E-state index contributed by atoms with van der Waals surface area (Å²) in [5.41, 5.74) is -0.999. The van der Waals surface area contributed by atoms with E-state index in [1.807, 2.05) is 0 Å². The van der Waals surface area contributed by atoms with E-state index in [0.29, 0.717) is 11.5 Å². The number of carbonyl (C=O) groups is 3. The Morgan fingerprint density at radius 3 is 2.15 bits per heavy atom. The second-order valence-electron chi connectivity index (χ2n) is 8.41. The molecule has 0 unspecified atom stereocenters. The molecule has 1 fully saturated rings. The number of methoxy groups -OCH3 is 1. The standard InChI is InChI=1S/C27H23NO5/c1-32-22-11-10-18(16-23(22)33-19-6-2-3-7-19)27(24(29)17-12-14-28-15-13-17)25(30)20-8-4-5-9-21(20)26(27)31/h4-5,8-16,19H,2-3,6-7H2,1H3. The molecule has 0 spiro atoms. The normalized spacial score (nSPS) is 17.1. The van der Waals surface area contributed by atoms with Gasteiger partial charge in [0.15, 0.2) is 34.3 Å². The van der Waals surface area contributed by atoms with Crippen LogP contribution in [0.25, 0.3) is 0 Å². The van der Waals surface area contributed by atoms with Crippen molar-refractivity contribution in [3.05, 3.63) is 89.2 Å². The minimum atomic E-state index is -2.02. The lowest BCUT2D eigenvalue weighted by atomic mass is 9.70. The molecule has 5 rings (SSSR count). The summed E-state index contributed by atoms with van der Waals surface area (Å²) in [4.78, 5) is 45.5. The van der Waals surface area contributed by atoms with Gasteiger partial charge >= 0.3 is 0 Å². The maximum absolute atomic E-state index is 13.9. The molecule has 0 bridgehead atoms. The third kappa shape index (κ3) is 3.25. The van der Waals surface area contributed by atoms with Crippen molar-refractivity contribution < 1.29 is 23.9 Å². The Hall–Kier alpha value is -3.80. The van der Waals surface area contributed by atoms with Crippen LogP contribution in [0.4, 0.5) is 0 Å². The van der Waals surface area contributed by atoms with Crippen molar-refractivity contribution in [2.24, 2.45) is 0 Å². The van der Waals surface area contributed by atoms with Gasteiger partial charge in [-0.15, -0.1) is 0 Å². The van der Waals surface area contributed by atoms with Gasteiger partial charge in [-0.1, -0.05) is 30.3 Å². The van der Waals surface area contributed by atoms with E-state index in [0.717, 1.165) is 25.7 Å². The van der Waals surface area contributed by atoms with E-state index >= 15 is 0 Å². The molecule has 2 aliphatic rings. The Morgan fingerprint density at radius 2 is 1.55 bits per heavy atom. The van der Waals surface area contributed by atoms with Crippen LogP contribution in [-0.4, -0.2) is 35.5 Å². The third-order valence-electron chi connectivity index (χ3n) is 6.57. The van der Waals surface area contributed by atoms with Crippen molar-refractivity contribution in [3.63, 3.8) is 0 Å². The van der Waals surface area contributed by atoms with Gasteiger partial charge in [-0.05, 0) is 55.5 Å². The summed E-state index contributed by atoms with van der Waals surface area (Å²) in [6.07, 6.45) is 7.01. The molecule has 0 radical (unpaired) electrons. The summed E-state index contributed by atoms with van der Waals surface area (Å²) in [6.45, 7) is 0.